The number of thiocarbonyl (C=S) groups is 1. The van der Waals surface area contributed by atoms with Gasteiger partial charge in [-0.1, -0.05) is 30.3 Å². The number of hydrogen-bond acceptors (Lipinski definition) is 3. The smallest absolute Gasteiger partial charge is 0.171 e. The average molecular weight is 397 g/mol. The van der Waals surface area contributed by atoms with Crippen LogP contribution in [0.4, 0.5) is 5.69 Å². The molecule has 0 spiro atoms. The molecule has 0 amide bonds. The highest BCUT2D eigenvalue weighted by Crippen LogP contribution is 2.21. The number of nitrogens with one attached hydrogen (secondary N) is 2. The second-order valence-electron chi connectivity index (χ2n) is 7.01. The highest BCUT2D eigenvalue weighted by Gasteiger charge is 2.16. The molecule has 3 aromatic rings. The number of aryl methyl sites for hydroxylation is 2. The molecule has 0 saturated carbocycles. The van der Waals surface area contributed by atoms with Crippen LogP contribution in [0.1, 0.15) is 48.1 Å². The number of rotatable bonds is 6. The molecule has 0 aliphatic rings. The van der Waals surface area contributed by atoms with Crippen molar-refractivity contribution in [3.63, 3.8) is 0 Å². The largest absolute Gasteiger partial charge is 0.356 e. The van der Waals surface area contributed by atoms with E-state index in [1.807, 2.05) is 40.7 Å². The lowest BCUT2D eigenvalue weighted by atomic mass is 10.1. The molecule has 0 radical (unpaired) electrons. The fourth-order valence-corrected chi connectivity index (χ4v) is 3.70. The fraction of sp³-hybridized carbons (Fsp3) is 0.381. The molecule has 0 aliphatic carbocycles. The van der Waals surface area contributed by atoms with Crippen molar-refractivity contribution in [1.82, 2.24) is 24.9 Å². The maximum Gasteiger partial charge on any atom is 0.171 e. The van der Waals surface area contributed by atoms with Gasteiger partial charge in [-0.2, -0.15) is 10.2 Å². The van der Waals surface area contributed by atoms with E-state index in [0.29, 0.717) is 5.11 Å². The molecular weight excluding hydrogens is 368 g/mol. The Labute approximate surface area is 172 Å². The Balaban J connectivity index is 1.69. The summed E-state index contributed by atoms with van der Waals surface area (Å²) in [5.74, 6) is 0. The van der Waals surface area contributed by atoms with E-state index in [1.165, 1.54) is 5.56 Å². The molecule has 2 heterocycles. The van der Waals surface area contributed by atoms with E-state index < -0.39 is 0 Å². The Morgan fingerprint density at radius 1 is 1.11 bits per heavy atom. The first kappa shape index (κ1) is 20.1. The molecular formula is C21H28N6S. The molecule has 0 aliphatic heterocycles. The zero-order chi connectivity index (χ0) is 20.3. The molecule has 6 nitrogen and oxygen atoms in total. The second kappa shape index (κ2) is 8.56. The summed E-state index contributed by atoms with van der Waals surface area (Å²) in [6.45, 7) is 11.9. The maximum atomic E-state index is 5.56. The molecule has 0 fully saturated rings. The standard InChI is InChI=1S/C21H28N6S/c1-6-26-16(4)19(12-22-26)14(2)23-21(28)24-20-15(3)25-27(17(20)5)13-18-10-8-7-9-11-18/h7-12,14H,6,13H2,1-5H3,(H2,23,24,28). The Bertz CT molecular complexity index is 957. The molecule has 0 bridgehead atoms. The van der Waals surface area contributed by atoms with E-state index >= 15 is 0 Å². The van der Waals surface area contributed by atoms with Gasteiger partial charge in [0.15, 0.2) is 5.11 Å². The molecule has 2 aromatic heterocycles. The van der Waals surface area contributed by atoms with E-state index in [-0.39, 0.29) is 6.04 Å². The van der Waals surface area contributed by atoms with Crippen molar-refractivity contribution >= 4 is 23.0 Å². The van der Waals surface area contributed by atoms with Crippen LogP contribution in [0.2, 0.25) is 0 Å². The van der Waals surface area contributed by atoms with Gasteiger partial charge in [-0.25, -0.2) is 0 Å². The van der Waals surface area contributed by atoms with Gasteiger partial charge in [0.25, 0.3) is 0 Å². The van der Waals surface area contributed by atoms with Crippen LogP contribution in [0.3, 0.4) is 0 Å². The average Bonchev–Trinajstić information content (AvgIpc) is 3.17. The van der Waals surface area contributed by atoms with E-state index in [1.54, 1.807) is 0 Å². The molecule has 148 valence electrons. The van der Waals surface area contributed by atoms with Gasteiger partial charge in [-0.3, -0.25) is 9.36 Å². The van der Waals surface area contributed by atoms with Crippen LogP contribution in [0, 0.1) is 20.8 Å². The summed E-state index contributed by atoms with van der Waals surface area (Å²) in [6.07, 6.45) is 1.91. The molecule has 3 rings (SSSR count). The minimum Gasteiger partial charge on any atom is -0.356 e. The summed E-state index contributed by atoms with van der Waals surface area (Å²) in [5, 5.41) is 16.4. The predicted molar refractivity (Wildman–Crippen MR) is 118 cm³/mol. The molecule has 2 N–H and O–H groups in total. The molecule has 0 saturated heterocycles. The van der Waals surface area contributed by atoms with Gasteiger partial charge in [0.05, 0.1) is 35.9 Å². The minimum absolute atomic E-state index is 0.0697. The fourth-order valence-electron chi connectivity index (χ4n) is 3.42. The third-order valence-corrected chi connectivity index (χ3v) is 5.27. The van der Waals surface area contributed by atoms with Crippen LogP contribution in [0.5, 0.6) is 0 Å². The van der Waals surface area contributed by atoms with Gasteiger partial charge in [0.2, 0.25) is 0 Å². The summed E-state index contributed by atoms with van der Waals surface area (Å²) >= 11 is 5.56. The number of aromatic nitrogens is 4. The topological polar surface area (TPSA) is 59.7 Å². The van der Waals surface area contributed by atoms with Crippen molar-refractivity contribution in [1.29, 1.82) is 0 Å². The lowest BCUT2D eigenvalue weighted by Gasteiger charge is -2.17. The van der Waals surface area contributed by atoms with Crippen molar-refractivity contribution in [3.05, 3.63) is 64.7 Å². The van der Waals surface area contributed by atoms with Crippen LogP contribution in [0.15, 0.2) is 36.5 Å². The third-order valence-electron chi connectivity index (χ3n) is 5.05. The lowest BCUT2D eigenvalue weighted by molar-refractivity contribution is 0.633. The van der Waals surface area contributed by atoms with Gasteiger partial charge in [-0.05, 0) is 52.4 Å². The van der Waals surface area contributed by atoms with Crippen LogP contribution in [-0.4, -0.2) is 24.7 Å². The van der Waals surface area contributed by atoms with Crippen LogP contribution in [-0.2, 0) is 13.1 Å². The Morgan fingerprint density at radius 3 is 2.46 bits per heavy atom. The van der Waals surface area contributed by atoms with E-state index in [4.69, 9.17) is 12.2 Å². The first-order chi connectivity index (χ1) is 13.4. The van der Waals surface area contributed by atoms with Crippen LogP contribution >= 0.6 is 12.2 Å². The summed E-state index contributed by atoms with van der Waals surface area (Å²) < 4.78 is 4.00. The summed E-state index contributed by atoms with van der Waals surface area (Å²) in [4.78, 5) is 0. The summed E-state index contributed by atoms with van der Waals surface area (Å²) in [5.41, 5.74) is 6.49. The molecule has 1 aromatic carbocycles. The molecule has 7 heteroatoms. The molecule has 28 heavy (non-hydrogen) atoms. The van der Waals surface area contributed by atoms with Crippen molar-refractivity contribution in [3.8, 4) is 0 Å². The number of anilines is 1. The summed E-state index contributed by atoms with van der Waals surface area (Å²) in [6, 6.07) is 10.4. The van der Waals surface area contributed by atoms with Gasteiger partial charge in [-0.15, -0.1) is 0 Å². The lowest BCUT2D eigenvalue weighted by Crippen LogP contribution is -2.31. The normalized spacial score (nSPS) is 12.0. The molecule has 1 unspecified atom stereocenters. The van der Waals surface area contributed by atoms with Crippen LogP contribution in [0.25, 0.3) is 0 Å². The highest BCUT2D eigenvalue weighted by atomic mass is 32.1. The predicted octanol–water partition coefficient (Wildman–Crippen LogP) is 4.12. The first-order valence-corrected chi connectivity index (χ1v) is 9.99. The summed E-state index contributed by atoms with van der Waals surface area (Å²) in [7, 11) is 0. The van der Waals surface area contributed by atoms with Crippen LogP contribution < -0.4 is 10.6 Å². The first-order valence-electron chi connectivity index (χ1n) is 9.58. The van der Waals surface area contributed by atoms with Crippen molar-refractivity contribution < 1.29 is 0 Å². The maximum absolute atomic E-state index is 5.56. The Morgan fingerprint density at radius 2 is 1.82 bits per heavy atom. The number of hydrogen-bond donors (Lipinski definition) is 2. The third kappa shape index (κ3) is 4.25. The quantitative estimate of drug-likeness (QED) is 0.614. The van der Waals surface area contributed by atoms with Gasteiger partial charge in [0, 0.05) is 17.8 Å². The zero-order valence-electron chi connectivity index (χ0n) is 17.2. The second-order valence-corrected chi connectivity index (χ2v) is 7.42. The van der Waals surface area contributed by atoms with Gasteiger partial charge in [0.1, 0.15) is 0 Å². The Hall–Kier alpha value is -2.67. The molecule has 1 atom stereocenters. The zero-order valence-corrected chi connectivity index (χ0v) is 18.0. The van der Waals surface area contributed by atoms with Crippen molar-refractivity contribution in [2.24, 2.45) is 0 Å². The minimum atomic E-state index is 0.0697. The van der Waals surface area contributed by atoms with Crippen molar-refractivity contribution in [2.45, 2.75) is 53.8 Å². The van der Waals surface area contributed by atoms with E-state index in [0.717, 1.165) is 41.4 Å². The number of nitrogens with zero attached hydrogens (tertiary/aromatic N) is 4. The Kier molecular flexibility index (Phi) is 6.14. The van der Waals surface area contributed by atoms with E-state index in [2.05, 4.69) is 60.7 Å². The van der Waals surface area contributed by atoms with Crippen molar-refractivity contribution in [2.75, 3.05) is 5.32 Å². The van der Waals surface area contributed by atoms with E-state index in [9.17, 15) is 0 Å². The highest BCUT2D eigenvalue weighted by molar-refractivity contribution is 7.80. The SMILES string of the molecule is CCn1ncc(C(C)NC(=S)Nc2c(C)nn(Cc3ccccc3)c2C)c1C. The number of benzene rings is 1. The monoisotopic (exact) mass is 396 g/mol. The van der Waals surface area contributed by atoms with Gasteiger partial charge >= 0.3 is 0 Å². The van der Waals surface area contributed by atoms with Gasteiger partial charge < -0.3 is 10.6 Å².